The number of amides is 1. The molecule has 8 heteroatoms. The van der Waals surface area contributed by atoms with Gasteiger partial charge in [-0.1, -0.05) is 11.6 Å². The van der Waals surface area contributed by atoms with Crippen LogP contribution < -0.4 is 10.1 Å². The van der Waals surface area contributed by atoms with E-state index in [4.69, 9.17) is 21.1 Å². The maximum absolute atomic E-state index is 12.2. The second-order valence-corrected chi connectivity index (χ2v) is 6.84. The highest BCUT2D eigenvalue weighted by Crippen LogP contribution is 2.26. The first kappa shape index (κ1) is 16.2. The average Bonchev–Trinajstić information content (AvgIpc) is 3.12. The van der Waals surface area contributed by atoms with Crippen molar-refractivity contribution in [1.29, 1.82) is 0 Å². The predicted octanol–water partition coefficient (Wildman–Crippen LogP) is 3.23. The van der Waals surface area contributed by atoms with E-state index in [-0.39, 0.29) is 12.0 Å². The molecular weight excluding hydrogens is 338 g/mol. The fourth-order valence-electron chi connectivity index (χ4n) is 2.10. The fourth-order valence-corrected chi connectivity index (χ4v) is 3.12. The largest absolute Gasteiger partial charge is 0.471 e. The van der Waals surface area contributed by atoms with Crippen molar-refractivity contribution in [2.45, 2.75) is 26.4 Å². The van der Waals surface area contributed by atoms with Crippen LogP contribution in [0.1, 0.15) is 27.3 Å². The summed E-state index contributed by atoms with van der Waals surface area (Å²) in [4.78, 5) is 21.7. The summed E-state index contributed by atoms with van der Waals surface area (Å²) in [7, 11) is 0. The highest BCUT2D eigenvalue weighted by molar-refractivity contribution is 7.15. The molecule has 23 heavy (non-hydrogen) atoms. The summed E-state index contributed by atoms with van der Waals surface area (Å²) in [6.45, 7) is 5.07. The molecule has 1 amide bonds. The van der Waals surface area contributed by atoms with E-state index in [9.17, 15) is 4.79 Å². The Bertz CT molecular complexity index is 709. The van der Waals surface area contributed by atoms with Gasteiger partial charge in [0.25, 0.3) is 5.91 Å². The van der Waals surface area contributed by atoms with Crippen molar-refractivity contribution in [3.05, 3.63) is 33.4 Å². The number of ether oxygens (including phenoxy) is 2. The number of hydrogen-bond donors (Lipinski definition) is 1. The lowest BCUT2D eigenvalue weighted by atomic mass is 10.2. The first-order chi connectivity index (χ1) is 11.0. The van der Waals surface area contributed by atoms with Crippen LogP contribution in [0.3, 0.4) is 0 Å². The molecule has 122 valence electrons. The lowest BCUT2D eigenvalue weighted by molar-refractivity contribution is 0.102. The van der Waals surface area contributed by atoms with Gasteiger partial charge in [0.1, 0.15) is 11.1 Å². The minimum Gasteiger partial charge on any atom is -0.471 e. The van der Waals surface area contributed by atoms with E-state index in [2.05, 4.69) is 15.3 Å². The fraction of sp³-hybridized carbons (Fsp3) is 0.400. The molecule has 0 aromatic carbocycles. The van der Waals surface area contributed by atoms with Crippen molar-refractivity contribution in [3.63, 3.8) is 0 Å². The van der Waals surface area contributed by atoms with Crippen LogP contribution in [0.4, 0.5) is 5.13 Å². The molecule has 0 bridgehead atoms. The second-order valence-electron chi connectivity index (χ2n) is 5.23. The highest BCUT2D eigenvalue weighted by Gasteiger charge is 2.20. The maximum Gasteiger partial charge on any atom is 0.259 e. The normalized spacial score (nSPS) is 17.3. The van der Waals surface area contributed by atoms with Crippen LogP contribution >= 0.6 is 22.9 Å². The Hall–Kier alpha value is -1.70. The van der Waals surface area contributed by atoms with Gasteiger partial charge in [-0.15, -0.1) is 11.3 Å². The number of hydrogen-bond acceptors (Lipinski definition) is 6. The first-order valence-corrected chi connectivity index (χ1v) is 8.37. The minimum absolute atomic E-state index is 0.0408. The van der Waals surface area contributed by atoms with E-state index in [0.717, 1.165) is 17.0 Å². The molecule has 2 aromatic heterocycles. The zero-order chi connectivity index (χ0) is 16.4. The Kier molecular flexibility index (Phi) is 4.79. The standard InChI is InChI=1S/C15H16ClN3O3S/c1-8-9(2)23-15(18-8)19-13(20)10-5-12(16)14(17-6-10)22-11-3-4-21-7-11/h5-6,11H,3-4,7H2,1-2H3,(H,18,19,20). The molecule has 3 rings (SSSR count). The van der Waals surface area contributed by atoms with Gasteiger partial charge in [0.2, 0.25) is 5.88 Å². The Morgan fingerprint density at radius 2 is 2.35 bits per heavy atom. The number of aryl methyl sites for hydroxylation is 2. The van der Waals surface area contributed by atoms with Crippen molar-refractivity contribution >= 4 is 34.0 Å². The Morgan fingerprint density at radius 1 is 1.52 bits per heavy atom. The molecule has 1 fully saturated rings. The van der Waals surface area contributed by atoms with Gasteiger partial charge >= 0.3 is 0 Å². The number of carbonyl (C=O) groups excluding carboxylic acids is 1. The topological polar surface area (TPSA) is 73.3 Å². The quantitative estimate of drug-likeness (QED) is 0.913. The zero-order valence-electron chi connectivity index (χ0n) is 12.8. The van der Waals surface area contributed by atoms with Crippen molar-refractivity contribution in [1.82, 2.24) is 9.97 Å². The molecule has 1 saturated heterocycles. The second kappa shape index (κ2) is 6.82. The summed E-state index contributed by atoms with van der Waals surface area (Å²) < 4.78 is 10.9. The molecule has 2 aromatic rings. The van der Waals surface area contributed by atoms with Gasteiger partial charge in [-0.2, -0.15) is 0 Å². The third-order valence-corrected chi connectivity index (χ3v) is 4.74. The summed E-state index contributed by atoms with van der Waals surface area (Å²) >= 11 is 7.59. The van der Waals surface area contributed by atoms with Crippen LogP contribution in [0.25, 0.3) is 0 Å². The van der Waals surface area contributed by atoms with Gasteiger partial charge in [-0.05, 0) is 19.9 Å². The summed E-state index contributed by atoms with van der Waals surface area (Å²) in [5.41, 5.74) is 1.26. The predicted molar refractivity (Wildman–Crippen MR) is 88.6 cm³/mol. The summed E-state index contributed by atoms with van der Waals surface area (Å²) in [6.07, 6.45) is 2.21. The summed E-state index contributed by atoms with van der Waals surface area (Å²) in [5, 5.41) is 3.61. The molecule has 0 spiro atoms. The number of carbonyl (C=O) groups is 1. The molecule has 3 heterocycles. The SMILES string of the molecule is Cc1nc(NC(=O)c2cnc(OC3CCOC3)c(Cl)c2)sc1C. The Labute approximate surface area is 142 Å². The average molecular weight is 354 g/mol. The lowest BCUT2D eigenvalue weighted by Gasteiger charge is -2.12. The van der Waals surface area contributed by atoms with Crippen LogP contribution in [0.2, 0.25) is 5.02 Å². The van der Waals surface area contributed by atoms with Crippen molar-refractivity contribution in [3.8, 4) is 5.88 Å². The Morgan fingerprint density at radius 3 is 2.96 bits per heavy atom. The van der Waals surface area contributed by atoms with E-state index >= 15 is 0 Å². The van der Waals surface area contributed by atoms with Crippen LogP contribution in [0, 0.1) is 13.8 Å². The van der Waals surface area contributed by atoms with Crippen LogP contribution in [-0.4, -0.2) is 35.2 Å². The van der Waals surface area contributed by atoms with Gasteiger partial charge in [-0.25, -0.2) is 9.97 Å². The summed E-state index contributed by atoms with van der Waals surface area (Å²) in [6, 6.07) is 1.54. The van der Waals surface area contributed by atoms with Gasteiger partial charge in [0.05, 0.1) is 24.5 Å². The number of pyridine rings is 1. The molecule has 0 aliphatic carbocycles. The van der Waals surface area contributed by atoms with E-state index in [1.807, 2.05) is 13.8 Å². The summed E-state index contributed by atoms with van der Waals surface area (Å²) in [5.74, 6) is 0.0172. The lowest BCUT2D eigenvalue weighted by Crippen LogP contribution is -2.17. The molecule has 1 aliphatic rings. The third-order valence-electron chi connectivity index (χ3n) is 3.48. The number of halogens is 1. The number of rotatable bonds is 4. The number of nitrogens with one attached hydrogen (secondary N) is 1. The number of aromatic nitrogens is 2. The molecule has 1 unspecified atom stereocenters. The number of anilines is 1. The molecule has 1 N–H and O–H groups in total. The molecule has 1 atom stereocenters. The van der Waals surface area contributed by atoms with E-state index in [1.165, 1.54) is 17.5 Å². The van der Waals surface area contributed by atoms with Crippen molar-refractivity contribution in [2.24, 2.45) is 0 Å². The molecule has 0 saturated carbocycles. The Balaban J connectivity index is 1.69. The van der Waals surface area contributed by atoms with E-state index in [0.29, 0.717) is 34.8 Å². The highest BCUT2D eigenvalue weighted by atomic mass is 35.5. The minimum atomic E-state index is -0.302. The van der Waals surface area contributed by atoms with Crippen molar-refractivity contribution in [2.75, 3.05) is 18.5 Å². The van der Waals surface area contributed by atoms with Crippen LogP contribution in [0.5, 0.6) is 5.88 Å². The molecule has 1 aliphatic heterocycles. The zero-order valence-corrected chi connectivity index (χ0v) is 14.3. The number of nitrogens with zero attached hydrogens (tertiary/aromatic N) is 2. The van der Waals surface area contributed by atoms with Crippen LogP contribution in [-0.2, 0) is 4.74 Å². The van der Waals surface area contributed by atoms with Gasteiger partial charge < -0.3 is 9.47 Å². The van der Waals surface area contributed by atoms with Crippen LogP contribution in [0.15, 0.2) is 12.3 Å². The van der Waals surface area contributed by atoms with Gasteiger partial charge in [0, 0.05) is 17.5 Å². The van der Waals surface area contributed by atoms with Gasteiger partial charge in [0.15, 0.2) is 5.13 Å². The van der Waals surface area contributed by atoms with E-state index in [1.54, 1.807) is 6.07 Å². The molecular formula is C15H16ClN3O3S. The molecule has 6 nitrogen and oxygen atoms in total. The maximum atomic E-state index is 12.2. The smallest absolute Gasteiger partial charge is 0.259 e. The number of thiazole rings is 1. The first-order valence-electron chi connectivity index (χ1n) is 7.18. The van der Waals surface area contributed by atoms with Crippen molar-refractivity contribution < 1.29 is 14.3 Å². The third kappa shape index (κ3) is 3.80. The van der Waals surface area contributed by atoms with E-state index < -0.39 is 0 Å². The van der Waals surface area contributed by atoms with Gasteiger partial charge in [-0.3, -0.25) is 10.1 Å². The molecule has 0 radical (unpaired) electrons. The monoisotopic (exact) mass is 353 g/mol.